The third-order valence-electron chi connectivity index (χ3n) is 2.66. The lowest BCUT2D eigenvalue weighted by molar-refractivity contribution is -0.182. The van der Waals surface area contributed by atoms with Crippen molar-refractivity contribution in [3.05, 3.63) is 35.9 Å². The van der Waals surface area contributed by atoms with Gasteiger partial charge in [0.25, 0.3) is 0 Å². The largest absolute Gasteiger partial charge is 0.356 e. The van der Waals surface area contributed by atoms with Crippen LogP contribution in [-0.4, -0.2) is 13.4 Å². The van der Waals surface area contributed by atoms with Gasteiger partial charge < -0.3 is 9.47 Å². The standard InChI is InChI=1S/C12H16O2/c1-13-12-9-5-8-11(14-12)10-6-3-2-4-7-10/h2-4,6-7,11-12H,5,8-9H2,1H3. The van der Waals surface area contributed by atoms with Gasteiger partial charge >= 0.3 is 0 Å². The summed E-state index contributed by atoms with van der Waals surface area (Å²) in [5, 5.41) is 0. The van der Waals surface area contributed by atoms with Crippen molar-refractivity contribution in [1.82, 2.24) is 0 Å². The summed E-state index contributed by atoms with van der Waals surface area (Å²) in [7, 11) is 1.71. The number of methoxy groups -OCH3 is 1. The quantitative estimate of drug-likeness (QED) is 0.717. The van der Waals surface area contributed by atoms with Gasteiger partial charge in [0.2, 0.25) is 0 Å². The SMILES string of the molecule is COC1CCCC(c2ccccc2)O1. The van der Waals surface area contributed by atoms with Gasteiger partial charge in [0.05, 0.1) is 6.10 Å². The van der Waals surface area contributed by atoms with Crippen LogP contribution in [0.4, 0.5) is 0 Å². The molecule has 1 aromatic carbocycles. The van der Waals surface area contributed by atoms with E-state index in [1.54, 1.807) is 7.11 Å². The number of hydrogen-bond donors (Lipinski definition) is 0. The summed E-state index contributed by atoms with van der Waals surface area (Å²) in [6.07, 6.45) is 3.49. The van der Waals surface area contributed by atoms with E-state index in [0.717, 1.165) is 12.8 Å². The van der Waals surface area contributed by atoms with Gasteiger partial charge in [0.1, 0.15) is 0 Å². The Labute approximate surface area is 84.8 Å². The first-order chi connectivity index (χ1) is 6.90. The molecule has 0 bridgehead atoms. The molecule has 2 atom stereocenters. The molecule has 1 fully saturated rings. The van der Waals surface area contributed by atoms with Gasteiger partial charge in [-0.2, -0.15) is 0 Å². The van der Waals surface area contributed by atoms with Crippen molar-refractivity contribution in [2.45, 2.75) is 31.7 Å². The average molecular weight is 192 g/mol. The minimum atomic E-state index is -0.0195. The maximum atomic E-state index is 5.80. The topological polar surface area (TPSA) is 18.5 Å². The molecule has 0 radical (unpaired) electrons. The molecule has 2 unspecified atom stereocenters. The molecule has 2 heteroatoms. The molecule has 0 N–H and O–H groups in total. The Kier molecular flexibility index (Phi) is 3.17. The molecule has 1 aliphatic heterocycles. The highest BCUT2D eigenvalue weighted by molar-refractivity contribution is 5.17. The lowest BCUT2D eigenvalue weighted by Crippen LogP contribution is -2.23. The van der Waals surface area contributed by atoms with Crippen molar-refractivity contribution < 1.29 is 9.47 Å². The Morgan fingerprint density at radius 3 is 2.71 bits per heavy atom. The fraction of sp³-hybridized carbons (Fsp3) is 0.500. The smallest absolute Gasteiger partial charge is 0.158 e. The van der Waals surface area contributed by atoms with E-state index in [4.69, 9.17) is 9.47 Å². The van der Waals surface area contributed by atoms with Crippen LogP contribution in [0, 0.1) is 0 Å². The Morgan fingerprint density at radius 2 is 2.00 bits per heavy atom. The van der Waals surface area contributed by atoms with Crippen molar-refractivity contribution in [2.75, 3.05) is 7.11 Å². The molecule has 0 aromatic heterocycles. The average Bonchev–Trinajstić information content (AvgIpc) is 2.30. The van der Waals surface area contributed by atoms with Crippen LogP contribution < -0.4 is 0 Å². The first kappa shape index (κ1) is 9.69. The summed E-state index contributed by atoms with van der Waals surface area (Å²) >= 11 is 0. The summed E-state index contributed by atoms with van der Waals surface area (Å²) in [5.41, 5.74) is 1.26. The fourth-order valence-electron chi connectivity index (χ4n) is 1.88. The summed E-state index contributed by atoms with van der Waals surface area (Å²) in [6.45, 7) is 0. The molecule has 76 valence electrons. The summed E-state index contributed by atoms with van der Waals surface area (Å²) in [5.74, 6) is 0. The third kappa shape index (κ3) is 2.14. The van der Waals surface area contributed by atoms with Crippen LogP contribution in [0.3, 0.4) is 0 Å². The van der Waals surface area contributed by atoms with Gasteiger partial charge in [-0.15, -0.1) is 0 Å². The highest BCUT2D eigenvalue weighted by Gasteiger charge is 2.22. The number of rotatable bonds is 2. The van der Waals surface area contributed by atoms with E-state index in [0.29, 0.717) is 0 Å². The minimum absolute atomic E-state index is 0.0195. The Bertz CT molecular complexity index is 271. The van der Waals surface area contributed by atoms with Crippen LogP contribution >= 0.6 is 0 Å². The normalized spacial score (nSPS) is 27.5. The van der Waals surface area contributed by atoms with E-state index in [2.05, 4.69) is 24.3 Å². The van der Waals surface area contributed by atoms with Gasteiger partial charge in [0.15, 0.2) is 6.29 Å². The van der Waals surface area contributed by atoms with Crippen molar-refractivity contribution >= 4 is 0 Å². The first-order valence-corrected chi connectivity index (χ1v) is 5.13. The molecular formula is C12H16O2. The van der Waals surface area contributed by atoms with Gasteiger partial charge in [0, 0.05) is 7.11 Å². The second kappa shape index (κ2) is 4.58. The van der Waals surface area contributed by atoms with Crippen LogP contribution in [0.2, 0.25) is 0 Å². The van der Waals surface area contributed by atoms with E-state index in [-0.39, 0.29) is 12.4 Å². The third-order valence-corrected chi connectivity index (χ3v) is 2.66. The van der Waals surface area contributed by atoms with Gasteiger partial charge in [-0.25, -0.2) is 0 Å². The number of ether oxygens (including phenoxy) is 2. The highest BCUT2D eigenvalue weighted by Crippen LogP contribution is 2.30. The van der Waals surface area contributed by atoms with E-state index >= 15 is 0 Å². The van der Waals surface area contributed by atoms with Gasteiger partial charge in [-0.3, -0.25) is 0 Å². The first-order valence-electron chi connectivity index (χ1n) is 5.13. The van der Waals surface area contributed by atoms with Crippen LogP contribution in [0.5, 0.6) is 0 Å². The zero-order valence-electron chi connectivity index (χ0n) is 8.48. The molecule has 1 saturated heterocycles. The van der Waals surface area contributed by atoms with Crippen molar-refractivity contribution in [3.8, 4) is 0 Å². The van der Waals surface area contributed by atoms with E-state index in [1.165, 1.54) is 12.0 Å². The Morgan fingerprint density at radius 1 is 1.21 bits per heavy atom. The van der Waals surface area contributed by atoms with E-state index in [1.807, 2.05) is 6.07 Å². The van der Waals surface area contributed by atoms with Gasteiger partial charge in [-0.05, 0) is 24.8 Å². The number of hydrogen-bond acceptors (Lipinski definition) is 2. The molecular weight excluding hydrogens is 176 g/mol. The highest BCUT2D eigenvalue weighted by atomic mass is 16.7. The second-order valence-corrected chi connectivity index (χ2v) is 3.63. The molecule has 14 heavy (non-hydrogen) atoms. The summed E-state index contributed by atoms with van der Waals surface area (Å²) in [6, 6.07) is 10.4. The van der Waals surface area contributed by atoms with E-state index < -0.39 is 0 Å². The predicted molar refractivity (Wildman–Crippen MR) is 54.9 cm³/mol. The van der Waals surface area contributed by atoms with Crippen LogP contribution in [-0.2, 0) is 9.47 Å². The zero-order chi connectivity index (χ0) is 9.80. The zero-order valence-corrected chi connectivity index (χ0v) is 8.48. The lowest BCUT2D eigenvalue weighted by atomic mass is 10.0. The molecule has 2 nitrogen and oxygen atoms in total. The lowest BCUT2D eigenvalue weighted by Gasteiger charge is -2.29. The molecule has 1 heterocycles. The van der Waals surface area contributed by atoms with Gasteiger partial charge in [-0.1, -0.05) is 30.3 Å². The number of benzene rings is 1. The van der Waals surface area contributed by atoms with Crippen molar-refractivity contribution in [3.63, 3.8) is 0 Å². The molecule has 2 rings (SSSR count). The molecule has 1 aromatic rings. The fourth-order valence-corrected chi connectivity index (χ4v) is 1.88. The van der Waals surface area contributed by atoms with Crippen LogP contribution in [0.15, 0.2) is 30.3 Å². The Hall–Kier alpha value is -0.860. The van der Waals surface area contributed by atoms with Crippen LogP contribution in [0.25, 0.3) is 0 Å². The maximum Gasteiger partial charge on any atom is 0.158 e. The molecule has 0 amide bonds. The van der Waals surface area contributed by atoms with Crippen molar-refractivity contribution in [1.29, 1.82) is 0 Å². The monoisotopic (exact) mass is 192 g/mol. The molecule has 0 aliphatic carbocycles. The molecule has 1 aliphatic rings. The van der Waals surface area contributed by atoms with Crippen LogP contribution in [0.1, 0.15) is 30.9 Å². The molecule has 0 spiro atoms. The second-order valence-electron chi connectivity index (χ2n) is 3.63. The minimum Gasteiger partial charge on any atom is -0.356 e. The van der Waals surface area contributed by atoms with E-state index in [9.17, 15) is 0 Å². The predicted octanol–water partition coefficient (Wildman–Crippen LogP) is 2.90. The van der Waals surface area contributed by atoms with Crippen molar-refractivity contribution in [2.24, 2.45) is 0 Å². The maximum absolute atomic E-state index is 5.80. The molecule has 0 saturated carbocycles. The Balaban J connectivity index is 2.04. The summed E-state index contributed by atoms with van der Waals surface area (Å²) in [4.78, 5) is 0. The summed E-state index contributed by atoms with van der Waals surface area (Å²) < 4.78 is 11.0.